The maximum absolute atomic E-state index is 13.1. The summed E-state index contributed by atoms with van der Waals surface area (Å²) < 4.78 is 7.05. The zero-order chi connectivity index (χ0) is 19.8. The molecule has 7 heteroatoms. The molecule has 1 unspecified atom stereocenters. The summed E-state index contributed by atoms with van der Waals surface area (Å²) in [6.07, 6.45) is 5.45. The van der Waals surface area contributed by atoms with Crippen molar-refractivity contribution >= 4 is 23.3 Å². The molecule has 4 aromatic rings. The van der Waals surface area contributed by atoms with Crippen molar-refractivity contribution in [1.29, 1.82) is 0 Å². The number of nitrogens with zero attached hydrogens (tertiary/aromatic N) is 3. The van der Waals surface area contributed by atoms with Gasteiger partial charge in [0, 0.05) is 17.3 Å². The lowest BCUT2D eigenvalue weighted by atomic mass is 10.1. The number of nitrogens with one attached hydrogen (secondary N) is 1. The van der Waals surface area contributed by atoms with Gasteiger partial charge >= 0.3 is 11.7 Å². The van der Waals surface area contributed by atoms with Crippen molar-refractivity contribution in [2.75, 3.05) is 5.32 Å². The number of pyridine rings is 1. The maximum Gasteiger partial charge on any atom is 0.359 e. The van der Waals surface area contributed by atoms with Crippen LogP contribution in [0.1, 0.15) is 10.6 Å². The Bertz CT molecular complexity index is 1190. The number of rotatable bonds is 4. The van der Waals surface area contributed by atoms with Crippen LogP contribution in [0.3, 0.4) is 0 Å². The van der Waals surface area contributed by atoms with E-state index in [9.17, 15) is 4.79 Å². The van der Waals surface area contributed by atoms with Crippen molar-refractivity contribution in [3.8, 4) is 22.5 Å². The van der Waals surface area contributed by atoms with Gasteiger partial charge < -0.3 is 4.42 Å². The van der Waals surface area contributed by atoms with E-state index in [0.29, 0.717) is 28.8 Å². The van der Waals surface area contributed by atoms with E-state index in [2.05, 4.69) is 10.3 Å². The average molecular weight is 404 g/mol. The first-order chi connectivity index (χ1) is 14.2. The fraction of sp³-hybridized carbons (Fsp3) is 0.0909. The zero-order valence-corrected chi connectivity index (χ0v) is 16.0. The summed E-state index contributed by atoms with van der Waals surface area (Å²) in [5, 5.41) is 3.68. The van der Waals surface area contributed by atoms with E-state index in [1.54, 1.807) is 29.3 Å². The van der Waals surface area contributed by atoms with Crippen molar-refractivity contribution in [2.45, 2.75) is 12.5 Å². The molecule has 3 aromatic heterocycles. The van der Waals surface area contributed by atoms with Gasteiger partial charge in [0.1, 0.15) is 22.8 Å². The van der Waals surface area contributed by atoms with Gasteiger partial charge in [-0.25, -0.2) is 14.8 Å². The van der Waals surface area contributed by atoms with E-state index in [1.165, 1.54) is 0 Å². The Kier molecular flexibility index (Phi) is 4.33. The summed E-state index contributed by atoms with van der Waals surface area (Å²) in [6.45, 7) is 0. The molecule has 0 amide bonds. The standard InChI is InChI=1S/C22H15ClN4O2/c23-19-11-15(8-9-24-19)20-21-26-17(12-16-7-4-10-29-16)22(28)27(21)13-18(25-20)14-5-2-1-3-6-14/h1-11,13,17H,12H2/p+1. The molecule has 1 aliphatic rings. The number of hydrogen-bond donors (Lipinski definition) is 1. The van der Waals surface area contributed by atoms with Crippen LogP contribution in [0.4, 0.5) is 5.82 Å². The fourth-order valence-electron chi connectivity index (χ4n) is 3.48. The first-order valence-electron chi connectivity index (χ1n) is 9.16. The predicted molar refractivity (Wildman–Crippen MR) is 109 cm³/mol. The number of halogens is 1. The molecule has 4 heterocycles. The number of hydrogen-bond acceptors (Lipinski definition) is 5. The van der Waals surface area contributed by atoms with Gasteiger partial charge in [-0.15, -0.1) is 0 Å². The van der Waals surface area contributed by atoms with Gasteiger partial charge in [0.15, 0.2) is 5.69 Å². The summed E-state index contributed by atoms with van der Waals surface area (Å²) in [5.41, 5.74) is 3.05. The number of carbonyl (C=O) groups is 1. The molecule has 29 heavy (non-hydrogen) atoms. The van der Waals surface area contributed by atoms with Crippen LogP contribution in [-0.4, -0.2) is 21.9 Å². The van der Waals surface area contributed by atoms with Gasteiger partial charge in [-0.05, 0) is 24.3 Å². The number of furan rings is 1. The van der Waals surface area contributed by atoms with E-state index in [1.807, 2.05) is 48.5 Å². The Morgan fingerprint density at radius 2 is 1.97 bits per heavy atom. The van der Waals surface area contributed by atoms with Crippen LogP contribution >= 0.6 is 11.6 Å². The van der Waals surface area contributed by atoms with E-state index < -0.39 is 6.04 Å². The third-order valence-electron chi connectivity index (χ3n) is 4.85. The first-order valence-corrected chi connectivity index (χ1v) is 9.54. The van der Waals surface area contributed by atoms with Crippen molar-refractivity contribution in [3.63, 3.8) is 0 Å². The van der Waals surface area contributed by atoms with Crippen LogP contribution in [0.5, 0.6) is 0 Å². The molecule has 5 rings (SSSR count). The molecule has 6 nitrogen and oxygen atoms in total. The van der Waals surface area contributed by atoms with E-state index in [0.717, 1.165) is 16.9 Å². The monoisotopic (exact) mass is 403 g/mol. The van der Waals surface area contributed by atoms with Crippen LogP contribution in [0.25, 0.3) is 22.5 Å². The Labute approximate surface area is 171 Å². The fourth-order valence-corrected chi connectivity index (χ4v) is 3.65. The van der Waals surface area contributed by atoms with E-state index in [4.69, 9.17) is 21.0 Å². The minimum absolute atomic E-state index is 0.0580. The Balaban J connectivity index is 1.64. The highest BCUT2D eigenvalue weighted by atomic mass is 35.5. The Morgan fingerprint density at radius 1 is 1.10 bits per heavy atom. The van der Waals surface area contributed by atoms with Crippen LogP contribution < -0.4 is 9.88 Å². The Morgan fingerprint density at radius 3 is 2.72 bits per heavy atom. The molecule has 1 N–H and O–H groups in total. The second-order valence-electron chi connectivity index (χ2n) is 6.75. The highest BCUT2D eigenvalue weighted by Gasteiger charge is 2.41. The van der Waals surface area contributed by atoms with Crippen LogP contribution in [-0.2, 0) is 6.42 Å². The van der Waals surface area contributed by atoms with Crippen LogP contribution in [0.2, 0.25) is 5.15 Å². The highest BCUT2D eigenvalue weighted by molar-refractivity contribution is 6.29. The molecule has 0 bridgehead atoms. The molecule has 0 radical (unpaired) electrons. The third-order valence-corrected chi connectivity index (χ3v) is 5.06. The van der Waals surface area contributed by atoms with Gasteiger partial charge in [0.2, 0.25) is 6.04 Å². The van der Waals surface area contributed by atoms with Gasteiger partial charge in [0.25, 0.3) is 0 Å². The lowest BCUT2D eigenvalue weighted by molar-refractivity contribution is -0.551. The summed E-state index contributed by atoms with van der Waals surface area (Å²) in [6, 6.07) is 16.6. The third kappa shape index (κ3) is 3.28. The average Bonchev–Trinajstić information content (AvgIpc) is 3.37. The number of aromatic nitrogens is 3. The first kappa shape index (κ1) is 17.6. The molecule has 0 aliphatic carbocycles. The van der Waals surface area contributed by atoms with Crippen molar-refractivity contribution < 1.29 is 13.8 Å². The summed E-state index contributed by atoms with van der Waals surface area (Å²) in [5.74, 6) is 1.32. The summed E-state index contributed by atoms with van der Waals surface area (Å²) in [4.78, 5) is 22.0. The lowest BCUT2D eigenvalue weighted by Crippen LogP contribution is -2.43. The largest absolute Gasteiger partial charge is 0.469 e. The highest BCUT2D eigenvalue weighted by Crippen LogP contribution is 2.30. The molecule has 0 spiro atoms. The number of fused-ring (bicyclic) bond motifs is 1. The molecular formula is C22H16ClN4O2+. The van der Waals surface area contributed by atoms with Crippen molar-refractivity contribution in [3.05, 3.63) is 84.2 Å². The van der Waals surface area contributed by atoms with Crippen LogP contribution in [0.15, 0.2) is 77.7 Å². The quantitative estimate of drug-likeness (QED) is 0.411. The molecule has 1 aromatic carbocycles. The zero-order valence-electron chi connectivity index (χ0n) is 15.2. The van der Waals surface area contributed by atoms with Crippen molar-refractivity contribution in [1.82, 2.24) is 9.97 Å². The van der Waals surface area contributed by atoms with Crippen LogP contribution in [0, 0.1) is 0 Å². The SMILES string of the molecule is O=C1C(Cc2ccco2)Nc2c(-c3ccnc(Cl)c3)nc(-c3ccccc3)c[n+]21. The predicted octanol–water partition coefficient (Wildman–Crippen LogP) is 4.02. The summed E-state index contributed by atoms with van der Waals surface area (Å²) in [7, 11) is 0. The lowest BCUT2D eigenvalue weighted by Gasteiger charge is -2.07. The number of benzene rings is 1. The minimum atomic E-state index is -0.440. The van der Waals surface area contributed by atoms with Gasteiger partial charge in [0.05, 0.1) is 12.7 Å². The minimum Gasteiger partial charge on any atom is -0.469 e. The second kappa shape index (κ2) is 7.14. The molecule has 1 atom stereocenters. The molecule has 1 aliphatic heterocycles. The van der Waals surface area contributed by atoms with E-state index in [-0.39, 0.29) is 5.91 Å². The normalized spacial score (nSPS) is 15.2. The van der Waals surface area contributed by atoms with Crippen molar-refractivity contribution in [2.24, 2.45) is 0 Å². The maximum atomic E-state index is 13.1. The smallest absolute Gasteiger partial charge is 0.359 e. The molecule has 0 fully saturated rings. The number of anilines is 1. The molecule has 142 valence electrons. The van der Waals surface area contributed by atoms with Gasteiger partial charge in [-0.3, -0.25) is 5.32 Å². The molecule has 0 saturated heterocycles. The number of carbonyl (C=O) groups excluding carboxylic acids is 1. The Hall–Kier alpha value is -3.51. The second-order valence-corrected chi connectivity index (χ2v) is 7.13. The topological polar surface area (TPSA) is 71.9 Å². The van der Waals surface area contributed by atoms with Gasteiger partial charge in [-0.1, -0.05) is 41.9 Å². The molecular weight excluding hydrogens is 388 g/mol. The van der Waals surface area contributed by atoms with Gasteiger partial charge in [-0.2, -0.15) is 4.57 Å². The van der Waals surface area contributed by atoms with E-state index >= 15 is 0 Å². The summed E-state index contributed by atoms with van der Waals surface area (Å²) >= 11 is 6.11. The molecule has 0 saturated carbocycles.